The van der Waals surface area contributed by atoms with Gasteiger partial charge in [-0.05, 0) is 52.8 Å². The third-order valence-electron chi connectivity index (χ3n) is 3.19. The zero-order valence-corrected chi connectivity index (χ0v) is 14.6. The van der Waals surface area contributed by atoms with E-state index in [-0.39, 0.29) is 5.54 Å². The molecule has 0 saturated carbocycles. The van der Waals surface area contributed by atoms with Crippen molar-refractivity contribution in [3.63, 3.8) is 0 Å². The van der Waals surface area contributed by atoms with Crippen LogP contribution in [0.25, 0.3) is 0 Å². The minimum absolute atomic E-state index is 0.154. The molecule has 1 N–H and O–H groups in total. The number of benzene rings is 1. The molecule has 1 aromatic carbocycles. The van der Waals surface area contributed by atoms with Gasteiger partial charge in [-0.3, -0.25) is 4.90 Å². The van der Waals surface area contributed by atoms with Gasteiger partial charge in [0, 0.05) is 25.2 Å². The van der Waals surface area contributed by atoms with Crippen LogP contribution in [0.1, 0.15) is 45.7 Å². The lowest BCUT2D eigenvalue weighted by Gasteiger charge is -2.21. The van der Waals surface area contributed by atoms with Crippen molar-refractivity contribution in [1.29, 1.82) is 0 Å². The molecule has 0 fully saturated rings. The topological polar surface area (TPSA) is 24.5 Å². The van der Waals surface area contributed by atoms with E-state index >= 15 is 0 Å². The Bertz CT molecular complexity index is 410. The third kappa shape index (κ3) is 8.86. The minimum atomic E-state index is 0.154. The summed E-state index contributed by atoms with van der Waals surface area (Å²) in [6.45, 7) is 14.4. The van der Waals surface area contributed by atoms with Gasteiger partial charge < -0.3 is 10.1 Å². The van der Waals surface area contributed by atoms with Crippen LogP contribution in [0.3, 0.4) is 0 Å². The highest BCUT2D eigenvalue weighted by Crippen LogP contribution is 2.09. The van der Waals surface area contributed by atoms with Crippen LogP contribution in [-0.4, -0.2) is 36.7 Å². The predicted octanol–water partition coefficient (Wildman–Crippen LogP) is 3.43. The van der Waals surface area contributed by atoms with Crippen LogP contribution in [0, 0.1) is 0 Å². The van der Waals surface area contributed by atoms with E-state index in [4.69, 9.17) is 4.74 Å². The van der Waals surface area contributed by atoms with Crippen molar-refractivity contribution in [2.24, 2.45) is 0 Å². The smallest absolute Gasteiger partial charge is 0.0596 e. The number of nitrogens with one attached hydrogen (secondary N) is 1. The molecule has 1 rings (SSSR count). The van der Waals surface area contributed by atoms with Crippen molar-refractivity contribution in [2.45, 2.75) is 59.4 Å². The molecule has 0 saturated heterocycles. The monoisotopic (exact) mass is 292 g/mol. The largest absolute Gasteiger partial charge is 0.377 e. The summed E-state index contributed by atoms with van der Waals surface area (Å²) in [5.41, 5.74) is 2.85. The summed E-state index contributed by atoms with van der Waals surface area (Å²) in [4.78, 5) is 2.30. The molecule has 0 aromatic heterocycles. The fourth-order valence-corrected chi connectivity index (χ4v) is 2.04. The van der Waals surface area contributed by atoms with Gasteiger partial charge >= 0.3 is 0 Å². The van der Waals surface area contributed by atoms with Crippen LogP contribution in [0.15, 0.2) is 24.3 Å². The number of nitrogens with zero attached hydrogens (tertiary/aromatic N) is 1. The molecule has 3 heteroatoms. The van der Waals surface area contributed by atoms with Crippen molar-refractivity contribution < 1.29 is 4.74 Å². The lowest BCUT2D eigenvalue weighted by Crippen LogP contribution is -2.35. The zero-order chi connectivity index (χ0) is 15.9. The Kier molecular flexibility index (Phi) is 7.36. The molecule has 0 unspecified atom stereocenters. The fraction of sp³-hybridized carbons (Fsp3) is 0.667. The van der Waals surface area contributed by atoms with Crippen LogP contribution in [0.5, 0.6) is 0 Å². The highest BCUT2D eigenvalue weighted by Gasteiger charge is 2.08. The maximum absolute atomic E-state index is 5.60. The van der Waals surface area contributed by atoms with Gasteiger partial charge in [0.1, 0.15) is 0 Å². The highest BCUT2D eigenvalue weighted by atomic mass is 16.5. The van der Waals surface area contributed by atoms with Crippen LogP contribution >= 0.6 is 0 Å². The summed E-state index contributed by atoms with van der Waals surface area (Å²) in [7, 11) is 2.14. The van der Waals surface area contributed by atoms with Crippen molar-refractivity contribution in [1.82, 2.24) is 10.2 Å². The van der Waals surface area contributed by atoms with E-state index in [1.165, 1.54) is 11.1 Å². The van der Waals surface area contributed by atoms with Gasteiger partial charge in [-0.25, -0.2) is 0 Å². The van der Waals surface area contributed by atoms with Gasteiger partial charge in [-0.2, -0.15) is 0 Å². The molecule has 21 heavy (non-hydrogen) atoms. The van der Waals surface area contributed by atoms with Gasteiger partial charge in [0.25, 0.3) is 0 Å². The highest BCUT2D eigenvalue weighted by molar-refractivity contribution is 5.23. The second-order valence-electron chi connectivity index (χ2n) is 7.08. The first kappa shape index (κ1) is 18.1. The molecular weight excluding hydrogens is 260 g/mol. The van der Waals surface area contributed by atoms with E-state index in [0.29, 0.717) is 6.10 Å². The zero-order valence-electron chi connectivity index (χ0n) is 14.6. The lowest BCUT2D eigenvalue weighted by molar-refractivity contribution is 0.0627. The maximum atomic E-state index is 5.60. The number of likely N-dealkylation sites (N-methyl/N-ethyl adjacent to an activating group) is 1. The second kappa shape index (κ2) is 8.52. The normalized spacial score (nSPS) is 12.4. The Labute approximate surface area is 130 Å². The molecule has 3 nitrogen and oxygen atoms in total. The Balaban J connectivity index is 2.44. The minimum Gasteiger partial charge on any atom is -0.377 e. The molecule has 0 spiro atoms. The first-order chi connectivity index (χ1) is 9.76. The van der Waals surface area contributed by atoms with Crippen molar-refractivity contribution in [3.05, 3.63) is 35.4 Å². The van der Waals surface area contributed by atoms with E-state index in [0.717, 1.165) is 26.2 Å². The van der Waals surface area contributed by atoms with E-state index in [1.54, 1.807) is 0 Å². The van der Waals surface area contributed by atoms with E-state index in [9.17, 15) is 0 Å². The standard InChI is InChI=1S/C18H32N2O/c1-15(2)21-11-10-20(6)14-17-9-7-8-16(12-17)13-19-18(3,4)5/h7-9,12,15,19H,10-11,13-14H2,1-6H3. The van der Waals surface area contributed by atoms with Gasteiger partial charge in [0.15, 0.2) is 0 Å². The molecule has 0 amide bonds. The molecule has 1 aromatic rings. The van der Waals surface area contributed by atoms with Crippen molar-refractivity contribution in [3.8, 4) is 0 Å². The fourth-order valence-electron chi connectivity index (χ4n) is 2.04. The quantitative estimate of drug-likeness (QED) is 0.794. The van der Waals surface area contributed by atoms with E-state index < -0.39 is 0 Å². The number of hydrogen-bond donors (Lipinski definition) is 1. The molecular formula is C18H32N2O. The Morgan fingerprint density at radius 2 is 1.86 bits per heavy atom. The Morgan fingerprint density at radius 3 is 2.48 bits per heavy atom. The first-order valence-corrected chi connectivity index (χ1v) is 7.89. The van der Waals surface area contributed by atoms with Crippen molar-refractivity contribution >= 4 is 0 Å². The molecule has 0 aliphatic carbocycles. The van der Waals surface area contributed by atoms with Gasteiger partial charge in [0.05, 0.1) is 12.7 Å². The summed E-state index contributed by atoms with van der Waals surface area (Å²) in [6, 6.07) is 8.82. The summed E-state index contributed by atoms with van der Waals surface area (Å²) >= 11 is 0. The predicted molar refractivity (Wildman–Crippen MR) is 90.5 cm³/mol. The molecule has 120 valence electrons. The summed E-state index contributed by atoms with van der Waals surface area (Å²) in [5, 5.41) is 3.53. The molecule has 0 heterocycles. The van der Waals surface area contributed by atoms with Crippen LogP contribution < -0.4 is 5.32 Å². The molecule has 0 aliphatic rings. The van der Waals surface area contributed by atoms with Crippen molar-refractivity contribution in [2.75, 3.05) is 20.2 Å². The Hall–Kier alpha value is -0.900. The average Bonchev–Trinajstić information content (AvgIpc) is 2.35. The molecule has 0 radical (unpaired) electrons. The number of hydrogen-bond acceptors (Lipinski definition) is 3. The SMILES string of the molecule is CC(C)OCCN(C)Cc1cccc(CNC(C)(C)C)c1. The number of rotatable bonds is 8. The van der Waals surface area contributed by atoms with Gasteiger partial charge in [-0.1, -0.05) is 24.3 Å². The van der Waals surface area contributed by atoms with Gasteiger partial charge in [-0.15, -0.1) is 0 Å². The average molecular weight is 292 g/mol. The lowest BCUT2D eigenvalue weighted by atomic mass is 10.1. The van der Waals surface area contributed by atoms with Crippen LogP contribution in [0.2, 0.25) is 0 Å². The summed E-state index contributed by atoms with van der Waals surface area (Å²) < 4.78 is 5.60. The maximum Gasteiger partial charge on any atom is 0.0596 e. The first-order valence-electron chi connectivity index (χ1n) is 7.89. The van der Waals surface area contributed by atoms with E-state index in [1.807, 2.05) is 0 Å². The second-order valence-corrected chi connectivity index (χ2v) is 7.08. The number of ether oxygens (including phenoxy) is 1. The van der Waals surface area contributed by atoms with Crippen LogP contribution in [0.4, 0.5) is 0 Å². The molecule has 0 aliphatic heterocycles. The third-order valence-corrected chi connectivity index (χ3v) is 3.19. The molecule has 0 bridgehead atoms. The van der Waals surface area contributed by atoms with E-state index in [2.05, 4.69) is 76.1 Å². The van der Waals surface area contributed by atoms with Crippen LogP contribution in [-0.2, 0) is 17.8 Å². The summed E-state index contributed by atoms with van der Waals surface area (Å²) in [5.74, 6) is 0. The summed E-state index contributed by atoms with van der Waals surface area (Å²) in [6.07, 6.45) is 0.310. The Morgan fingerprint density at radius 1 is 1.19 bits per heavy atom. The van der Waals surface area contributed by atoms with Gasteiger partial charge in [0.2, 0.25) is 0 Å². The molecule has 0 atom stereocenters.